The fourth-order valence-electron chi connectivity index (χ4n) is 3.95. The van der Waals surface area contributed by atoms with Crippen LogP contribution in [0.1, 0.15) is 37.0 Å². The Balaban J connectivity index is 0.000000433. The summed E-state index contributed by atoms with van der Waals surface area (Å²) in [4.78, 5) is 43.2. The van der Waals surface area contributed by atoms with Crippen LogP contribution in [0.4, 0.5) is 5.69 Å². The highest BCUT2D eigenvalue weighted by Crippen LogP contribution is 2.24. The molecule has 0 radical (unpaired) electrons. The van der Waals surface area contributed by atoms with Crippen LogP contribution in [0.25, 0.3) is 0 Å². The summed E-state index contributed by atoms with van der Waals surface area (Å²) in [6, 6.07) is 19.8. The van der Waals surface area contributed by atoms with Crippen LogP contribution >= 0.6 is 0 Å². The Bertz CT molecular complexity index is 1090. The van der Waals surface area contributed by atoms with Crippen molar-refractivity contribution >= 4 is 29.6 Å². The number of aliphatic hydroxyl groups is 1. The van der Waals surface area contributed by atoms with Gasteiger partial charge in [0.15, 0.2) is 0 Å². The highest BCUT2D eigenvalue weighted by atomic mass is 16.4. The molecule has 11 heteroatoms. The number of carboxylic acids is 4. The predicted molar refractivity (Wildman–Crippen MR) is 154 cm³/mol. The molecule has 1 heterocycles. The van der Waals surface area contributed by atoms with Crippen molar-refractivity contribution in [3.05, 3.63) is 90.0 Å². The molecule has 2 aromatic carbocycles. The Hall–Kier alpha value is -4.48. The first-order valence-corrected chi connectivity index (χ1v) is 12.9. The van der Waals surface area contributed by atoms with Gasteiger partial charge < -0.3 is 35.3 Å². The molecule has 1 saturated heterocycles. The Morgan fingerprint density at radius 1 is 0.805 bits per heavy atom. The molecule has 0 aliphatic carbocycles. The lowest BCUT2D eigenvalue weighted by molar-refractivity contribution is -0.134. The first kappa shape index (κ1) is 34.5. The average Bonchev–Trinajstić information content (AvgIpc) is 2.95. The van der Waals surface area contributed by atoms with Gasteiger partial charge in [-0.15, -0.1) is 0 Å². The van der Waals surface area contributed by atoms with Gasteiger partial charge in [0.05, 0.1) is 6.10 Å². The third-order valence-corrected chi connectivity index (χ3v) is 6.16. The molecule has 5 N–H and O–H groups in total. The molecule has 222 valence electrons. The summed E-state index contributed by atoms with van der Waals surface area (Å²) in [5, 5.41) is 40.9. The van der Waals surface area contributed by atoms with E-state index in [2.05, 4.69) is 59.3 Å². The molecule has 1 aliphatic rings. The van der Waals surface area contributed by atoms with Crippen LogP contribution in [0.15, 0.2) is 78.9 Å². The van der Waals surface area contributed by atoms with Crippen molar-refractivity contribution < 1.29 is 44.7 Å². The molecule has 3 rings (SSSR count). The largest absolute Gasteiger partial charge is 0.478 e. The van der Waals surface area contributed by atoms with Gasteiger partial charge in [0.25, 0.3) is 0 Å². The van der Waals surface area contributed by atoms with E-state index >= 15 is 0 Å². The van der Waals surface area contributed by atoms with E-state index < -0.39 is 30.0 Å². The maximum atomic E-state index is 9.63. The summed E-state index contributed by atoms with van der Waals surface area (Å²) >= 11 is 0. The van der Waals surface area contributed by atoms with E-state index in [1.54, 1.807) is 0 Å². The van der Waals surface area contributed by atoms with E-state index in [0.29, 0.717) is 30.3 Å². The number of benzene rings is 2. The van der Waals surface area contributed by atoms with E-state index in [-0.39, 0.29) is 0 Å². The number of hydrogen-bond acceptors (Lipinski definition) is 7. The van der Waals surface area contributed by atoms with Crippen molar-refractivity contribution in [1.29, 1.82) is 0 Å². The number of carbonyl (C=O) groups is 4. The SMILES string of the molecule is CC(O)c1ccc(N2CCC(N(C)CCc3ccccc3)CC2)cc1.O=C(O)/C=C/C(=O)O.O=C(O)/C=C/C(=O)O. The Morgan fingerprint density at radius 3 is 1.63 bits per heavy atom. The van der Waals surface area contributed by atoms with Gasteiger partial charge in [-0.3, -0.25) is 0 Å². The second-order valence-corrected chi connectivity index (χ2v) is 9.22. The van der Waals surface area contributed by atoms with Crippen LogP contribution in [0, 0.1) is 0 Å². The summed E-state index contributed by atoms with van der Waals surface area (Å²) in [6.45, 7) is 5.15. The summed E-state index contributed by atoms with van der Waals surface area (Å²) in [5.41, 5.74) is 3.68. The highest BCUT2D eigenvalue weighted by Gasteiger charge is 2.22. The summed E-state index contributed by atoms with van der Waals surface area (Å²) in [7, 11) is 2.26. The number of hydrogen-bond donors (Lipinski definition) is 5. The number of anilines is 1. The summed E-state index contributed by atoms with van der Waals surface area (Å²) in [6.07, 6.45) is 5.39. The van der Waals surface area contributed by atoms with Gasteiger partial charge in [0.2, 0.25) is 0 Å². The quantitative estimate of drug-likeness (QED) is 0.265. The van der Waals surface area contributed by atoms with Crippen LogP contribution in [-0.4, -0.2) is 87.0 Å². The Labute approximate surface area is 239 Å². The number of carboxylic acid groups (broad SMARTS) is 4. The van der Waals surface area contributed by atoms with E-state index in [9.17, 15) is 24.3 Å². The second kappa shape index (κ2) is 18.7. The maximum Gasteiger partial charge on any atom is 0.328 e. The smallest absolute Gasteiger partial charge is 0.328 e. The lowest BCUT2D eigenvalue weighted by Crippen LogP contribution is -2.44. The second-order valence-electron chi connectivity index (χ2n) is 9.22. The zero-order valence-electron chi connectivity index (χ0n) is 23.2. The van der Waals surface area contributed by atoms with E-state index in [4.69, 9.17) is 20.4 Å². The molecule has 41 heavy (non-hydrogen) atoms. The molecule has 0 bridgehead atoms. The molecule has 1 atom stereocenters. The molecule has 0 aromatic heterocycles. The minimum absolute atomic E-state index is 0.391. The van der Waals surface area contributed by atoms with Crippen LogP contribution in [0.3, 0.4) is 0 Å². The van der Waals surface area contributed by atoms with Crippen molar-refractivity contribution in [2.24, 2.45) is 0 Å². The monoisotopic (exact) mass is 570 g/mol. The zero-order chi connectivity index (χ0) is 30.8. The van der Waals surface area contributed by atoms with Gasteiger partial charge in [0, 0.05) is 55.7 Å². The molecule has 0 amide bonds. The Morgan fingerprint density at radius 2 is 1.24 bits per heavy atom. The number of likely N-dealkylation sites (N-methyl/N-ethyl adjacent to an activating group) is 1. The van der Waals surface area contributed by atoms with Gasteiger partial charge >= 0.3 is 23.9 Å². The summed E-state index contributed by atoms with van der Waals surface area (Å²) < 4.78 is 0. The predicted octanol–water partition coefficient (Wildman–Crippen LogP) is 3.31. The molecule has 2 aromatic rings. The van der Waals surface area contributed by atoms with E-state index in [0.717, 1.165) is 31.6 Å². The topological polar surface area (TPSA) is 176 Å². The van der Waals surface area contributed by atoms with Gasteiger partial charge in [0.1, 0.15) is 0 Å². The number of nitrogens with zero attached hydrogens (tertiary/aromatic N) is 2. The number of piperidine rings is 1. The van der Waals surface area contributed by atoms with Gasteiger partial charge in [-0.05, 0) is 56.5 Å². The van der Waals surface area contributed by atoms with Gasteiger partial charge in [-0.2, -0.15) is 0 Å². The fourth-order valence-corrected chi connectivity index (χ4v) is 3.95. The molecule has 1 aliphatic heterocycles. The van der Waals surface area contributed by atoms with Gasteiger partial charge in [-0.25, -0.2) is 19.2 Å². The van der Waals surface area contributed by atoms with Crippen molar-refractivity contribution in [3.63, 3.8) is 0 Å². The third-order valence-electron chi connectivity index (χ3n) is 6.16. The number of rotatable bonds is 10. The van der Waals surface area contributed by atoms with Crippen molar-refractivity contribution in [1.82, 2.24) is 4.90 Å². The molecular weight excluding hydrogens is 532 g/mol. The minimum atomic E-state index is -1.26. The fraction of sp³-hybridized carbons (Fsp3) is 0.333. The van der Waals surface area contributed by atoms with Crippen LogP contribution in [0.5, 0.6) is 0 Å². The molecule has 0 saturated carbocycles. The lowest BCUT2D eigenvalue weighted by Gasteiger charge is -2.38. The standard InChI is InChI=1S/C22H30N2O.2C4H4O4/c1-18(25)20-8-10-22(11-9-20)24-16-13-21(14-17-24)23(2)15-12-19-6-4-3-5-7-19;2*5-3(6)1-2-4(7)8/h3-11,18,21,25H,12-17H2,1-2H3;2*1-2H,(H,5,6)(H,7,8)/b;2*2-1+. The normalized spacial score (nSPS) is 14.1. The molecule has 0 spiro atoms. The third kappa shape index (κ3) is 15.6. The Kier molecular flexibility index (Phi) is 15.8. The van der Waals surface area contributed by atoms with Gasteiger partial charge in [-0.1, -0.05) is 42.5 Å². The molecular formula is C30H38N2O9. The van der Waals surface area contributed by atoms with Crippen molar-refractivity contribution in [3.8, 4) is 0 Å². The van der Waals surface area contributed by atoms with E-state index in [1.165, 1.54) is 24.1 Å². The molecule has 1 fully saturated rings. The molecule has 1 unspecified atom stereocenters. The van der Waals surface area contributed by atoms with Crippen LogP contribution in [0.2, 0.25) is 0 Å². The van der Waals surface area contributed by atoms with Crippen molar-refractivity contribution in [2.75, 3.05) is 31.6 Å². The lowest BCUT2D eigenvalue weighted by atomic mass is 10.0. The van der Waals surface area contributed by atoms with Crippen LogP contribution in [-0.2, 0) is 25.6 Å². The summed E-state index contributed by atoms with van der Waals surface area (Å²) in [5.74, 6) is -5.03. The van der Waals surface area contributed by atoms with Crippen molar-refractivity contribution in [2.45, 2.75) is 38.3 Å². The number of aliphatic carboxylic acids is 4. The molecule has 11 nitrogen and oxygen atoms in total. The number of aliphatic hydroxyl groups excluding tert-OH is 1. The zero-order valence-corrected chi connectivity index (χ0v) is 23.2. The van der Waals surface area contributed by atoms with Crippen LogP contribution < -0.4 is 4.90 Å². The first-order chi connectivity index (χ1) is 19.4. The maximum absolute atomic E-state index is 9.63. The van der Waals surface area contributed by atoms with E-state index in [1.807, 2.05) is 19.1 Å². The average molecular weight is 571 g/mol. The first-order valence-electron chi connectivity index (χ1n) is 12.9. The highest BCUT2D eigenvalue weighted by molar-refractivity contribution is 5.90. The minimum Gasteiger partial charge on any atom is -0.478 e.